The minimum Gasteiger partial charge on any atom is -0.490 e. The van der Waals surface area contributed by atoms with E-state index in [9.17, 15) is 5.11 Å². The fourth-order valence-corrected chi connectivity index (χ4v) is 1.70. The Bertz CT molecular complexity index is 485. The van der Waals surface area contributed by atoms with Gasteiger partial charge in [0.2, 0.25) is 0 Å². The van der Waals surface area contributed by atoms with Gasteiger partial charge < -0.3 is 15.6 Å². The lowest BCUT2D eigenvalue weighted by atomic mass is 10.1. The second kappa shape index (κ2) is 6.19. The highest BCUT2D eigenvalue weighted by Crippen LogP contribution is 2.29. The summed E-state index contributed by atoms with van der Waals surface area (Å²) in [4.78, 5) is 0. The van der Waals surface area contributed by atoms with Gasteiger partial charge in [0.05, 0.1) is 0 Å². The molecule has 18 heavy (non-hydrogen) atoms. The molecule has 3 nitrogen and oxygen atoms in total. The van der Waals surface area contributed by atoms with Crippen LogP contribution in [0.5, 0.6) is 5.75 Å². The highest BCUT2D eigenvalue weighted by atomic mass is 16.5. The molecule has 0 bridgehead atoms. The van der Waals surface area contributed by atoms with E-state index in [0.29, 0.717) is 0 Å². The molecule has 0 aliphatic carbocycles. The summed E-state index contributed by atoms with van der Waals surface area (Å²) in [7, 11) is 0. The molecule has 0 heterocycles. The molecule has 0 radical (unpaired) electrons. The van der Waals surface area contributed by atoms with Gasteiger partial charge in [-0.25, -0.2) is 0 Å². The van der Waals surface area contributed by atoms with Crippen molar-refractivity contribution in [1.29, 1.82) is 0 Å². The predicted molar refractivity (Wildman–Crippen MR) is 72.4 cm³/mol. The molecule has 0 spiro atoms. The minimum atomic E-state index is -0.631. The van der Waals surface area contributed by atoms with Gasteiger partial charge in [-0.15, -0.1) is 0 Å². The largest absolute Gasteiger partial charge is 0.490 e. The van der Waals surface area contributed by atoms with Crippen LogP contribution in [0.1, 0.15) is 0 Å². The Morgan fingerprint density at radius 1 is 1.00 bits per heavy atom. The van der Waals surface area contributed by atoms with Crippen molar-refractivity contribution in [2.45, 2.75) is 6.10 Å². The van der Waals surface area contributed by atoms with E-state index in [1.807, 2.05) is 54.6 Å². The number of benzene rings is 2. The molecule has 2 rings (SSSR count). The molecule has 1 atom stereocenters. The molecule has 0 aromatic heterocycles. The van der Waals surface area contributed by atoms with Gasteiger partial charge in [-0.2, -0.15) is 0 Å². The van der Waals surface area contributed by atoms with E-state index in [2.05, 4.69) is 0 Å². The summed E-state index contributed by atoms with van der Waals surface area (Å²) in [5.74, 6) is 0.760. The van der Waals surface area contributed by atoms with Crippen LogP contribution >= 0.6 is 0 Å². The number of rotatable bonds is 5. The molecule has 2 aromatic carbocycles. The van der Waals surface area contributed by atoms with E-state index in [-0.39, 0.29) is 13.2 Å². The zero-order chi connectivity index (χ0) is 12.8. The van der Waals surface area contributed by atoms with Gasteiger partial charge in [0.1, 0.15) is 18.5 Å². The third-order valence-corrected chi connectivity index (χ3v) is 2.68. The van der Waals surface area contributed by atoms with Gasteiger partial charge in [-0.3, -0.25) is 0 Å². The van der Waals surface area contributed by atoms with Crippen LogP contribution < -0.4 is 10.5 Å². The molecule has 0 fully saturated rings. The van der Waals surface area contributed by atoms with Crippen LogP contribution in [0, 0.1) is 0 Å². The molecule has 0 amide bonds. The number of ether oxygens (including phenoxy) is 1. The lowest BCUT2D eigenvalue weighted by molar-refractivity contribution is 0.114. The maximum absolute atomic E-state index is 9.43. The topological polar surface area (TPSA) is 55.5 Å². The van der Waals surface area contributed by atoms with Crippen molar-refractivity contribution in [2.75, 3.05) is 13.2 Å². The van der Waals surface area contributed by atoms with Crippen LogP contribution in [0.4, 0.5) is 0 Å². The number of hydrogen-bond donors (Lipinski definition) is 2. The maximum atomic E-state index is 9.43. The average molecular weight is 243 g/mol. The number of para-hydroxylation sites is 1. The van der Waals surface area contributed by atoms with Crippen molar-refractivity contribution >= 4 is 0 Å². The van der Waals surface area contributed by atoms with Crippen LogP contribution in [-0.4, -0.2) is 24.4 Å². The molecule has 0 unspecified atom stereocenters. The summed E-state index contributed by atoms with van der Waals surface area (Å²) in [6.45, 7) is 0.411. The second-order valence-electron chi connectivity index (χ2n) is 4.06. The van der Waals surface area contributed by atoms with Crippen LogP contribution in [0.15, 0.2) is 54.6 Å². The van der Waals surface area contributed by atoms with Crippen LogP contribution in [0.25, 0.3) is 11.1 Å². The monoisotopic (exact) mass is 243 g/mol. The summed E-state index contributed by atoms with van der Waals surface area (Å²) < 4.78 is 5.61. The third kappa shape index (κ3) is 3.09. The quantitative estimate of drug-likeness (QED) is 0.845. The number of nitrogens with two attached hydrogens (primary N) is 1. The molecule has 0 aliphatic heterocycles. The first-order valence-corrected chi connectivity index (χ1v) is 5.96. The Hall–Kier alpha value is -1.84. The van der Waals surface area contributed by atoms with E-state index in [0.717, 1.165) is 16.9 Å². The van der Waals surface area contributed by atoms with Gasteiger partial charge in [-0.1, -0.05) is 48.5 Å². The van der Waals surface area contributed by atoms with Crippen molar-refractivity contribution in [2.24, 2.45) is 5.73 Å². The Kier molecular flexibility index (Phi) is 4.34. The average Bonchev–Trinajstić information content (AvgIpc) is 2.46. The predicted octanol–water partition coefficient (Wildman–Crippen LogP) is 2.05. The van der Waals surface area contributed by atoms with Crippen molar-refractivity contribution in [3.8, 4) is 16.9 Å². The van der Waals surface area contributed by atoms with Crippen LogP contribution in [0.2, 0.25) is 0 Å². The lowest BCUT2D eigenvalue weighted by Gasteiger charge is -2.13. The lowest BCUT2D eigenvalue weighted by Crippen LogP contribution is -2.26. The SMILES string of the molecule is NC[C@@H](O)COc1ccccc1-c1ccccc1. The van der Waals surface area contributed by atoms with Crippen molar-refractivity contribution in [1.82, 2.24) is 0 Å². The van der Waals surface area contributed by atoms with Gasteiger partial charge in [0.25, 0.3) is 0 Å². The van der Waals surface area contributed by atoms with Gasteiger partial charge in [-0.05, 0) is 11.6 Å². The Morgan fingerprint density at radius 2 is 1.67 bits per heavy atom. The first-order valence-electron chi connectivity index (χ1n) is 5.96. The summed E-state index contributed by atoms with van der Waals surface area (Å²) in [5, 5.41) is 9.43. The molecule has 3 heteroatoms. The summed E-state index contributed by atoms with van der Waals surface area (Å²) in [6, 6.07) is 17.8. The third-order valence-electron chi connectivity index (χ3n) is 2.68. The number of aliphatic hydroxyl groups is 1. The molecule has 0 aliphatic rings. The summed E-state index contributed by atoms with van der Waals surface area (Å²) in [6.07, 6.45) is -0.631. The van der Waals surface area contributed by atoms with Crippen molar-refractivity contribution in [3.05, 3.63) is 54.6 Å². The van der Waals surface area contributed by atoms with Gasteiger partial charge in [0, 0.05) is 12.1 Å². The molecule has 0 saturated heterocycles. The molecule has 3 N–H and O–H groups in total. The van der Waals surface area contributed by atoms with E-state index < -0.39 is 6.10 Å². The van der Waals surface area contributed by atoms with E-state index in [4.69, 9.17) is 10.5 Å². The molecule has 2 aromatic rings. The molecular weight excluding hydrogens is 226 g/mol. The number of hydrogen-bond acceptors (Lipinski definition) is 3. The molecule has 0 saturated carbocycles. The molecule has 94 valence electrons. The summed E-state index contributed by atoms with van der Waals surface area (Å²) in [5.41, 5.74) is 7.46. The minimum absolute atomic E-state index is 0.202. The fraction of sp³-hybridized carbons (Fsp3) is 0.200. The first-order chi connectivity index (χ1) is 8.81. The van der Waals surface area contributed by atoms with Gasteiger partial charge >= 0.3 is 0 Å². The Labute approximate surface area is 107 Å². The number of aliphatic hydroxyl groups excluding tert-OH is 1. The highest BCUT2D eigenvalue weighted by molar-refractivity contribution is 5.70. The van der Waals surface area contributed by atoms with E-state index >= 15 is 0 Å². The van der Waals surface area contributed by atoms with E-state index in [1.54, 1.807) is 0 Å². The first kappa shape index (κ1) is 12.6. The zero-order valence-electron chi connectivity index (χ0n) is 10.1. The maximum Gasteiger partial charge on any atom is 0.127 e. The zero-order valence-corrected chi connectivity index (χ0v) is 10.1. The van der Waals surface area contributed by atoms with Crippen molar-refractivity contribution in [3.63, 3.8) is 0 Å². The van der Waals surface area contributed by atoms with Gasteiger partial charge in [0.15, 0.2) is 0 Å². The Morgan fingerprint density at radius 3 is 2.39 bits per heavy atom. The van der Waals surface area contributed by atoms with Crippen molar-refractivity contribution < 1.29 is 9.84 Å². The fourth-order valence-electron chi connectivity index (χ4n) is 1.70. The Balaban J connectivity index is 2.21. The van der Waals surface area contributed by atoms with Crippen LogP contribution in [0.3, 0.4) is 0 Å². The highest BCUT2D eigenvalue weighted by Gasteiger charge is 2.07. The normalized spacial score (nSPS) is 12.1. The summed E-state index contributed by atoms with van der Waals surface area (Å²) >= 11 is 0. The second-order valence-corrected chi connectivity index (χ2v) is 4.06. The smallest absolute Gasteiger partial charge is 0.127 e. The molecular formula is C15H17NO2. The van der Waals surface area contributed by atoms with Crippen LogP contribution in [-0.2, 0) is 0 Å². The standard InChI is InChI=1S/C15H17NO2/c16-10-13(17)11-18-15-9-5-4-8-14(15)12-6-2-1-3-7-12/h1-9,13,17H,10-11,16H2/t13-/m1/s1. The van der Waals surface area contributed by atoms with E-state index in [1.165, 1.54) is 0 Å².